The molecule has 140 valence electrons. The minimum absolute atomic E-state index is 0.188. The van der Waals surface area contributed by atoms with E-state index in [2.05, 4.69) is 79.9 Å². The van der Waals surface area contributed by atoms with Crippen LogP contribution in [-0.2, 0) is 0 Å². The maximum absolute atomic E-state index is 5.46. The van der Waals surface area contributed by atoms with Crippen LogP contribution in [0.3, 0.4) is 0 Å². The Morgan fingerprint density at radius 3 is 2.35 bits per heavy atom. The number of nitrogens with one attached hydrogen (secondary N) is 2. The minimum atomic E-state index is 0.188. The Balaban J connectivity index is 1.96. The van der Waals surface area contributed by atoms with Crippen molar-refractivity contribution in [2.75, 3.05) is 33.1 Å². The van der Waals surface area contributed by atoms with Crippen molar-refractivity contribution in [2.45, 2.75) is 25.8 Å². The summed E-state index contributed by atoms with van der Waals surface area (Å²) < 4.78 is 5.34. The van der Waals surface area contributed by atoms with Crippen molar-refractivity contribution in [3.63, 3.8) is 0 Å². The van der Waals surface area contributed by atoms with E-state index >= 15 is 0 Å². The van der Waals surface area contributed by atoms with Crippen molar-refractivity contribution in [1.82, 2.24) is 10.2 Å². The van der Waals surface area contributed by atoms with Crippen LogP contribution in [0, 0.1) is 0 Å². The van der Waals surface area contributed by atoms with Gasteiger partial charge in [-0.3, -0.25) is 0 Å². The third-order valence-electron chi connectivity index (χ3n) is 4.39. The number of nitrogens with zero attached hydrogens (tertiary/aromatic N) is 1. The molecule has 26 heavy (non-hydrogen) atoms. The lowest BCUT2D eigenvalue weighted by atomic mass is 10.0. The zero-order valence-corrected chi connectivity index (χ0v) is 17.1. The molecule has 0 aliphatic heterocycles. The number of ether oxygens (including phenoxy) is 1. The summed E-state index contributed by atoms with van der Waals surface area (Å²) in [6.45, 7) is 5.08. The molecule has 0 fully saturated rings. The molecule has 2 aromatic rings. The van der Waals surface area contributed by atoms with Crippen LogP contribution in [0.2, 0.25) is 0 Å². The van der Waals surface area contributed by atoms with Gasteiger partial charge in [-0.25, -0.2) is 0 Å². The lowest BCUT2D eigenvalue weighted by Crippen LogP contribution is -2.36. The van der Waals surface area contributed by atoms with Crippen molar-refractivity contribution in [2.24, 2.45) is 0 Å². The largest absolute Gasteiger partial charge is 0.497 e. The first-order valence-electron chi connectivity index (χ1n) is 8.86. The lowest BCUT2D eigenvalue weighted by Gasteiger charge is -2.26. The Hall–Kier alpha value is -2.11. The summed E-state index contributed by atoms with van der Waals surface area (Å²) in [6, 6.07) is 16.7. The molecule has 0 bridgehead atoms. The fraction of sp³-hybridized carbons (Fsp3) is 0.381. The molecule has 1 atom stereocenters. The predicted molar refractivity (Wildman–Crippen MR) is 114 cm³/mol. The molecule has 0 saturated carbocycles. The summed E-state index contributed by atoms with van der Waals surface area (Å²) in [4.78, 5) is 2.17. The first-order valence-corrected chi connectivity index (χ1v) is 9.26. The van der Waals surface area contributed by atoms with Crippen LogP contribution >= 0.6 is 12.2 Å². The Morgan fingerprint density at radius 2 is 1.77 bits per heavy atom. The SMILES string of the molecule is COc1cccc([C@H](CNC(=S)Nc2ccc(C(C)C)cc2)N(C)C)c1. The van der Waals surface area contributed by atoms with E-state index < -0.39 is 0 Å². The summed E-state index contributed by atoms with van der Waals surface area (Å²) in [7, 11) is 5.81. The van der Waals surface area contributed by atoms with Gasteiger partial charge in [-0.1, -0.05) is 38.1 Å². The summed E-state index contributed by atoms with van der Waals surface area (Å²) >= 11 is 5.46. The molecule has 2 N–H and O–H groups in total. The normalized spacial score (nSPS) is 12.1. The number of hydrogen-bond donors (Lipinski definition) is 2. The van der Waals surface area contributed by atoms with Crippen molar-refractivity contribution in [3.05, 3.63) is 59.7 Å². The molecule has 5 heteroatoms. The predicted octanol–water partition coefficient (Wildman–Crippen LogP) is 4.41. The zero-order valence-electron chi connectivity index (χ0n) is 16.2. The summed E-state index contributed by atoms with van der Waals surface area (Å²) in [5.74, 6) is 1.39. The molecule has 0 amide bonds. The van der Waals surface area contributed by atoms with Gasteiger partial charge in [0.25, 0.3) is 0 Å². The van der Waals surface area contributed by atoms with Crippen LogP contribution in [-0.4, -0.2) is 37.8 Å². The van der Waals surface area contributed by atoms with E-state index in [1.807, 2.05) is 12.1 Å². The summed E-state index contributed by atoms with van der Waals surface area (Å²) in [5, 5.41) is 7.20. The average Bonchev–Trinajstić information content (AvgIpc) is 2.62. The zero-order chi connectivity index (χ0) is 19.1. The first-order chi connectivity index (χ1) is 12.4. The number of benzene rings is 2. The topological polar surface area (TPSA) is 36.5 Å². The number of likely N-dealkylation sites (N-methyl/N-ethyl adjacent to an activating group) is 1. The van der Waals surface area contributed by atoms with Crippen molar-refractivity contribution in [3.8, 4) is 5.75 Å². The average molecular weight is 372 g/mol. The number of rotatable bonds is 7. The summed E-state index contributed by atoms with van der Waals surface area (Å²) in [5.41, 5.74) is 3.50. The molecule has 2 aromatic carbocycles. The van der Waals surface area contributed by atoms with Crippen LogP contribution in [0.25, 0.3) is 0 Å². The maximum atomic E-state index is 5.46. The van der Waals surface area contributed by atoms with Gasteiger partial charge in [-0.05, 0) is 67.6 Å². The second-order valence-corrected chi connectivity index (χ2v) is 7.28. The standard InChI is InChI=1S/C21H29N3OS/c1-15(2)16-9-11-18(12-10-16)23-21(26)22-14-20(24(3)4)17-7-6-8-19(13-17)25-5/h6-13,15,20H,14H2,1-5H3,(H2,22,23,26)/t20-/m0/s1. The number of methoxy groups -OCH3 is 1. The highest BCUT2D eigenvalue weighted by molar-refractivity contribution is 7.80. The van der Waals surface area contributed by atoms with Gasteiger partial charge < -0.3 is 20.3 Å². The molecule has 4 nitrogen and oxygen atoms in total. The van der Waals surface area contributed by atoms with Gasteiger partial charge in [-0.2, -0.15) is 0 Å². The molecule has 0 saturated heterocycles. The lowest BCUT2D eigenvalue weighted by molar-refractivity contribution is 0.298. The summed E-state index contributed by atoms with van der Waals surface area (Å²) in [6.07, 6.45) is 0. The van der Waals surface area contributed by atoms with Crippen LogP contribution in [0.4, 0.5) is 5.69 Å². The highest BCUT2D eigenvalue weighted by atomic mass is 32.1. The van der Waals surface area contributed by atoms with Gasteiger partial charge in [0, 0.05) is 12.2 Å². The van der Waals surface area contributed by atoms with E-state index in [1.165, 1.54) is 11.1 Å². The van der Waals surface area contributed by atoms with Gasteiger partial charge in [0.1, 0.15) is 5.75 Å². The van der Waals surface area contributed by atoms with Crippen molar-refractivity contribution < 1.29 is 4.74 Å². The first kappa shape index (κ1) is 20.2. The second kappa shape index (κ2) is 9.55. The van der Waals surface area contributed by atoms with Crippen LogP contribution in [0.1, 0.15) is 36.9 Å². The quantitative estimate of drug-likeness (QED) is 0.705. The molecule has 0 heterocycles. The molecule has 0 aliphatic carbocycles. The second-order valence-electron chi connectivity index (χ2n) is 6.87. The van der Waals surface area contributed by atoms with Gasteiger partial charge >= 0.3 is 0 Å². The molecular formula is C21H29N3OS. The van der Waals surface area contributed by atoms with E-state index in [4.69, 9.17) is 17.0 Å². The highest BCUT2D eigenvalue weighted by Gasteiger charge is 2.15. The fourth-order valence-corrected chi connectivity index (χ4v) is 2.96. The maximum Gasteiger partial charge on any atom is 0.170 e. The van der Waals surface area contributed by atoms with E-state index in [1.54, 1.807) is 7.11 Å². The number of hydrogen-bond acceptors (Lipinski definition) is 3. The van der Waals surface area contributed by atoms with E-state index in [0.717, 1.165) is 11.4 Å². The number of thiocarbonyl (C=S) groups is 1. The van der Waals surface area contributed by atoms with Gasteiger partial charge in [0.2, 0.25) is 0 Å². The molecule has 0 spiro atoms. The van der Waals surface area contributed by atoms with Crippen LogP contribution < -0.4 is 15.4 Å². The molecule has 0 aliphatic rings. The molecular weight excluding hydrogens is 342 g/mol. The smallest absolute Gasteiger partial charge is 0.170 e. The Bertz CT molecular complexity index is 713. The molecule has 2 rings (SSSR count). The van der Waals surface area contributed by atoms with Crippen molar-refractivity contribution >= 4 is 23.0 Å². The molecule has 0 aromatic heterocycles. The van der Waals surface area contributed by atoms with Gasteiger partial charge in [0.05, 0.1) is 13.2 Å². The number of anilines is 1. The third kappa shape index (κ3) is 5.71. The molecule has 0 radical (unpaired) electrons. The van der Waals surface area contributed by atoms with E-state index in [9.17, 15) is 0 Å². The Labute approximate surface area is 162 Å². The van der Waals surface area contributed by atoms with Crippen molar-refractivity contribution in [1.29, 1.82) is 0 Å². The minimum Gasteiger partial charge on any atom is -0.497 e. The highest BCUT2D eigenvalue weighted by Crippen LogP contribution is 2.22. The third-order valence-corrected chi connectivity index (χ3v) is 4.64. The fourth-order valence-electron chi connectivity index (χ4n) is 2.76. The van der Waals surface area contributed by atoms with Crippen LogP contribution in [0.15, 0.2) is 48.5 Å². The monoisotopic (exact) mass is 371 g/mol. The van der Waals surface area contributed by atoms with Gasteiger partial charge in [0.15, 0.2) is 5.11 Å². The van der Waals surface area contributed by atoms with E-state index in [-0.39, 0.29) is 6.04 Å². The van der Waals surface area contributed by atoms with Gasteiger partial charge in [-0.15, -0.1) is 0 Å². The Morgan fingerprint density at radius 1 is 1.08 bits per heavy atom. The van der Waals surface area contributed by atoms with E-state index in [0.29, 0.717) is 17.6 Å². The molecule has 0 unspecified atom stereocenters. The Kier molecular flexibility index (Phi) is 7.42. The van der Waals surface area contributed by atoms with Crippen LogP contribution in [0.5, 0.6) is 5.75 Å².